The molecule has 111 valence electrons. The molecule has 0 spiro atoms. The van der Waals surface area contributed by atoms with E-state index >= 15 is 0 Å². The molecule has 2 amide bonds. The molecule has 5 heteroatoms. The summed E-state index contributed by atoms with van der Waals surface area (Å²) >= 11 is 5.90. The SMILES string of the molecule is Cc1cc(Cl)ccc1[CH]CON1C(=O)c2ccccc2C1=O. The first kappa shape index (κ1) is 14.8. The lowest BCUT2D eigenvalue weighted by molar-refractivity contribution is -0.0827. The Morgan fingerprint density at radius 3 is 2.32 bits per heavy atom. The zero-order chi connectivity index (χ0) is 15.7. The summed E-state index contributed by atoms with van der Waals surface area (Å²) in [4.78, 5) is 29.6. The third-order valence-corrected chi connectivity index (χ3v) is 3.73. The van der Waals surface area contributed by atoms with Gasteiger partial charge in [-0.15, -0.1) is 5.06 Å². The van der Waals surface area contributed by atoms with E-state index < -0.39 is 11.8 Å². The lowest BCUT2D eigenvalue weighted by atomic mass is 10.1. The van der Waals surface area contributed by atoms with Crippen LogP contribution in [0.4, 0.5) is 0 Å². The van der Waals surface area contributed by atoms with E-state index in [2.05, 4.69) is 0 Å². The van der Waals surface area contributed by atoms with E-state index in [9.17, 15) is 9.59 Å². The number of aryl methyl sites for hydroxylation is 1. The minimum Gasteiger partial charge on any atom is -0.266 e. The topological polar surface area (TPSA) is 46.6 Å². The van der Waals surface area contributed by atoms with Gasteiger partial charge in [-0.25, -0.2) is 0 Å². The number of carbonyl (C=O) groups is 2. The van der Waals surface area contributed by atoms with Gasteiger partial charge in [-0.05, 0) is 42.3 Å². The van der Waals surface area contributed by atoms with E-state index in [0.29, 0.717) is 16.1 Å². The Balaban J connectivity index is 1.66. The molecule has 1 aliphatic heterocycles. The molecule has 0 unspecified atom stereocenters. The number of rotatable bonds is 4. The van der Waals surface area contributed by atoms with Crippen molar-refractivity contribution in [3.63, 3.8) is 0 Å². The number of imide groups is 1. The van der Waals surface area contributed by atoms with Crippen LogP contribution in [0.15, 0.2) is 42.5 Å². The minimum absolute atomic E-state index is 0.119. The first-order valence-electron chi connectivity index (χ1n) is 6.78. The molecule has 1 radical (unpaired) electrons. The van der Waals surface area contributed by atoms with Crippen molar-refractivity contribution in [1.29, 1.82) is 0 Å². The highest BCUT2D eigenvalue weighted by molar-refractivity contribution is 6.30. The molecule has 2 aromatic carbocycles. The maximum Gasteiger partial charge on any atom is 0.285 e. The number of hydrogen-bond donors (Lipinski definition) is 0. The van der Waals surface area contributed by atoms with Crippen LogP contribution in [-0.2, 0) is 4.84 Å². The van der Waals surface area contributed by atoms with Crippen LogP contribution in [0.3, 0.4) is 0 Å². The molecule has 0 N–H and O–H groups in total. The van der Waals surface area contributed by atoms with Gasteiger partial charge in [0, 0.05) is 11.4 Å². The predicted octanol–water partition coefficient (Wildman–Crippen LogP) is 3.43. The monoisotopic (exact) mass is 314 g/mol. The number of fused-ring (bicyclic) bond motifs is 1. The fourth-order valence-corrected chi connectivity index (χ4v) is 2.58. The van der Waals surface area contributed by atoms with Crippen LogP contribution in [0, 0.1) is 13.3 Å². The van der Waals surface area contributed by atoms with Gasteiger partial charge in [0.2, 0.25) is 0 Å². The fourth-order valence-electron chi connectivity index (χ4n) is 2.35. The number of amides is 2. The van der Waals surface area contributed by atoms with E-state index in [0.717, 1.165) is 16.2 Å². The van der Waals surface area contributed by atoms with Gasteiger partial charge in [0.15, 0.2) is 0 Å². The average molecular weight is 315 g/mol. The zero-order valence-corrected chi connectivity index (χ0v) is 12.6. The molecule has 3 rings (SSSR count). The molecule has 0 bridgehead atoms. The number of hydrogen-bond acceptors (Lipinski definition) is 3. The Labute approximate surface area is 133 Å². The Bertz CT molecular complexity index is 722. The van der Waals surface area contributed by atoms with E-state index in [4.69, 9.17) is 16.4 Å². The molecule has 2 aromatic rings. The minimum atomic E-state index is -0.429. The number of nitrogens with zero attached hydrogens (tertiary/aromatic N) is 1. The molecule has 1 aliphatic rings. The van der Waals surface area contributed by atoms with Gasteiger partial charge in [0.1, 0.15) is 0 Å². The number of hydroxylamine groups is 2. The molecule has 0 saturated heterocycles. The van der Waals surface area contributed by atoms with E-state index in [-0.39, 0.29) is 6.61 Å². The smallest absolute Gasteiger partial charge is 0.266 e. The molecule has 0 atom stereocenters. The van der Waals surface area contributed by atoms with Gasteiger partial charge < -0.3 is 0 Å². The third-order valence-electron chi connectivity index (χ3n) is 3.50. The number of halogens is 1. The van der Waals surface area contributed by atoms with Gasteiger partial charge in [-0.3, -0.25) is 14.4 Å². The summed E-state index contributed by atoms with van der Waals surface area (Å²) in [6.07, 6.45) is 1.80. The van der Waals surface area contributed by atoms with Crippen LogP contribution in [0.1, 0.15) is 31.8 Å². The Morgan fingerprint density at radius 1 is 1.09 bits per heavy atom. The van der Waals surface area contributed by atoms with E-state index in [1.165, 1.54) is 0 Å². The summed E-state index contributed by atoms with van der Waals surface area (Å²) in [6, 6.07) is 12.2. The molecular formula is C17H13ClNO3. The van der Waals surface area contributed by atoms with Crippen LogP contribution in [-0.4, -0.2) is 23.5 Å². The van der Waals surface area contributed by atoms with Crippen molar-refractivity contribution in [3.8, 4) is 0 Å². The molecule has 1 heterocycles. The Kier molecular flexibility index (Phi) is 3.96. The van der Waals surface area contributed by atoms with Crippen molar-refractivity contribution in [2.45, 2.75) is 6.92 Å². The lowest BCUT2D eigenvalue weighted by Crippen LogP contribution is -2.30. The average Bonchev–Trinajstić information content (AvgIpc) is 2.75. The number of benzene rings is 2. The predicted molar refractivity (Wildman–Crippen MR) is 82.5 cm³/mol. The van der Waals surface area contributed by atoms with Gasteiger partial charge in [-0.2, -0.15) is 0 Å². The molecule has 0 aromatic heterocycles. The second-order valence-corrected chi connectivity index (χ2v) is 5.39. The first-order valence-corrected chi connectivity index (χ1v) is 7.16. The summed E-state index contributed by atoms with van der Waals surface area (Å²) < 4.78 is 0. The molecule has 4 nitrogen and oxygen atoms in total. The second-order valence-electron chi connectivity index (χ2n) is 4.95. The summed E-state index contributed by atoms with van der Waals surface area (Å²) in [6.45, 7) is 2.05. The summed E-state index contributed by atoms with van der Waals surface area (Å²) in [7, 11) is 0. The van der Waals surface area contributed by atoms with Crippen molar-refractivity contribution in [1.82, 2.24) is 5.06 Å². The molecule has 0 saturated carbocycles. The highest BCUT2D eigenvalue weighted by Crippen LogP contribution is 2.23. The van der Waals surface area contributed by atoms with Crippen molar-refractivity contribution in [2.75, 3.05) is 6.61 Å². The molecule has 0 aliphatic carbocycles. The van der Waals surface area contributed by atoms with Crippen LogP contribution in [0.25, 0.3) is 0 Å². The molecule has 0 fully saturated rings. The van der Waals surface area contributed by atoms with E-state index in [1.54, 1.807) is 36.8 Å². The fraction of sp³-hybridized carbons (Fsp3) is 0.118. The largest absolute Gasteiger partial charge is 0.285 e. The second kappa shape index (κ2) is 5.91. The summed E-state index contributed by atoms with van der Waals surface area (Å²) in [5.74, 6) is -0.858. The zero-order valence-electron chi connectivity index (χ0n) is 11.9. The van der Waals surface area contributed by atoms with Crippen LogP contribution >= 0.6 is 11.6 Å². The van der Waals surface area contributed by atoms with Crippen molar-refractivity contribution < 1.29 is 14.4 Å². The van der Waals surface area contributed by atoms with Gasteiger partial charge >= 0.3 is 0 Å². The highest BCUT2D eigenvalue weighted by atomic mass is 35.5. The summed E-state index contributed by atoms with van der Waals surface area (Å²) in [5, 5.41) is 1.47. The van der Waals surface area contributed by atoms with Crippen molar-refractivity contribution in [3.05, 3.63) is 76.2 Å². The van der Waals surface area contributed by atoms with Crippen LogP contribution in [0.2, 0.25) is 5.02 Å². The maximum absolute atomic E-state index is 12.1. The van der Waals surface area contributed by atoms with E-state index in [1.807, 2.05) is 19.1 Å². The van der Waals surface area contributed by atoms with Crippen LogP contribution in [0.5, 0.6) is 0 Å². The normalized spacial score (nSPS) is 13.6. The standard InChI is InChI=1S/C17H13ClNO3/c1-11-10-13(18)7-6-12(11)8-9-22-19-16(20)14-4-2-3-5-15(14)17(19)21/h2-8,10H,9H2,1H3. The molecule has 22 heavy (non-hydrogen) atoms. The van der Waals surface area contributed by atoms with Gasteiger partial charge in [-0.1, -0.05) is 29.8 Å². The summed E-state index contributed by atoms with van der Waals surface area (Å²) in [5.41, 5.74) is 2.69. The molecular weight excluding hydrogens is 302 g/mol. The van der Waals surface area contributed by atoms with Gasteiger partial charge in [0.25, 0.3) is 11.8 Å². The van der Waals surface area contributed by atoms with Crippen molar-refractivity contribution >= 4 is 23.4 Å². The van der Waals surface area contributed by atoms with Gasteiger partial charge in [0.05, 0.1) is 17.7 Å². The quantitative estimate of drug-likeness (QED) is 0.812. The van der Waals surface area contributed by atoms with Crippen LogP contribution < -0.4 is 0 Å². The van der Waals surface area contributed by atoms with Crippen molar-refractivity contribution in [2.24, 2.45) is 0 Å². The Morgan fingerprint density at radius 2 is 1.73 bits per heavy atom. The Hall–Kier alpha value is -2.17. The lowest BCUT2D eigenvalue weighted by Gasteiger charge is -2.13. The highest BCUT2D eigenvalue weighted by Gasteiger charge is 2.36. The third kappa shape index (κ3) is 2.63. The maximum atomic E-state index is 12.1. The number of carbonyl (C=O) groups excluding carboxylic acids is 2. The first-order chi connectivity index (χ1) is 10.6.